The number of hydrogen-bond acceptors (Lipinski definition) is 3. The van der Waals surface area contributed by atoms with E-state index in [0.29, 0.717) is 5.92 Å². The van der Waals surface area contributed by atoms with Crippen molar-refractivity contribution < 1.29 is 9.90 Å². The molecule has 0 saturated carbocycles. The molecule has 1 rings (SSSR count). The molecule has 1 saturated heterocycles. The van der Waals surface area contributed by atoms with Gasteiger partial charge in [-0.15, -0.1) is 0 Å². The summed E-state index contributed by atoms with van der Waals surface area (Å²) in [6.45, 7) is 8.67. The second kappa shape index (κ2) is 4.41. The maximum atomic E-state index is 11.3. The summed E-state index contributed by atoms with van der Waals surface area (Å²) in [5.41, 5.74) is -0.246. The fourth-order valence-corrected chi connectivity index (χ4v) is 1.88. The maximum absolute atomic E-state index is 11.3. The van der Waals surface area contributed by atoms with Crippen LogP contribution in [0.1, 0.15) is 27.2 Å². The molecular formula is C11H21NO2. The van der Waals surface area contributed by atoms with E-state index < -0.39 is 0 Å². The number of hydrogen-bond donors (Lipinski definition) is 1. The topological polar surface area (TPSA) is 40.5 Å². The van der Waals surface area contributed by atoms with Gasteiger partial charge in [-0.25, -0.2) is 0 Å². The van der Waals surface area contributed by atoms with Crippen LogP contribution in [0.4, 0.5) is 0 Å². The molecule has 0 spiro atoms. The zero-order valence-electron chi connectivity index (χ0n) is 9.42. The normalized spacial score (nSPS) is 24.1. The fourth-order valence-electron chi connectivity index (χ4n) is 1.88. The first-order valence-corrected chi connectivity index (χ1v) is 5.30. The van der Waals surface area contributed by atoms with Crippen molar-refractivity contribution in [3.63, 3.8) is 0 Å². The Balaban J connectivity index is 2.42. The summed E-state index contributed by atoms with van der Waals surface area (Å²) in [5, 5.41) is 9.00. The molecule has 1 fully saturated rings. The molecule has 0 aromatic carbocycles. The Bertz CT molecular complexity index is 213. The molecule has 1 aliphatic rings. The molecule has 82 valence electrons. The number of Topliss-reactive ketones (excluding diaryl/α,β-unsaturated/α-hetero) is 1. The quantitative estimate of drug-likeness (QED) is 0.732. The molecule has 3 nitrogen and oxygen atoms in total. The van der Waals surface area contributed by atoms with Gasteiger partial charge in [0.05, 0.1) is 0 Å². The van der Waals surface area contributed by atoms with Crippen LogP contribution in [0.25, 0.3) is 0 Å². The Kier molecular flexibility index (Phi) is 3.67. The van der Waals surface area contributed by atoms with Gasteiger partial charge in [-0.05, 0) is 25.8 Å². The van der Waals surface area contributed by atoms with Crippen molar-refractivity contribution in [2.75, 3.05) is 26.2 Å². The number of ketones is 1. The largest absolute Gasteiger partial charge is 0.396 e. The van der Waals surface area contributed by atoms with Gasteiger partial charge in [0.1, 0.15) is 5.78 Å². The molecule has 0 bridgehead atoms. The fraction of sp³-hybridized carbons (Fsp3) is 0.909. The van der Waals surface area contributed by atoms with Crippen molar-refractivity contribution in [2.45, 2.75) is 27.2 Å². The number of likely N-dealkylation sites (tertiary alicyclic amines) is 1. The van der Waals surface area contributed by atoms with E-state index in [4.69, 9.17) is 5.11 Å². The Hall–Kier alpha value is -0.410. The van der Waals surface area contributed by atoms with Crippen LogP contribution < -0.4 is 0 Å². The molecule has 1 atom stereocenters. The summed E-state index contributed by atoms with van der Waals surface area (Å²) in [7, 11) is 0. The van der Waals surface area contributed by atoms with E-state index >= 15 is 0 Å². The molecule has 3 heteroatoms. The van der Waals surface area contributed by atoms with Gasteiger partial charge in [-0.3, -0.25) is 4.79 Å². The third-order valence-electron chi connectivity index (χ3n) is 3.20. The monoisotopic (exact) mass is 199 g/mol. The van der Waals surface area contributed by atoms with E-state index in [0.717, 1.165) is 26.1 Å². The minimum Gasteiger partial charge on any atom is -0.396 e. The first-order valence-electron chi connectivity index (χ1n) is 5.30. The molecule has 0 aromatic rings. The van der Waals surface area contributed by atoms with Gasteiger partial charge < -0.3 is 10.0 Å². The lowest BCUT2D eigenvalue weighted by atomic mass is 9.88. The predicted molar refractivity (Wildman–Crippen MR) is 56.1 cm³/mol. The zero-order chi connectivity index (χ0) is 10.8. The van der Waals surface area contributed by atoms with Crippen LogP contribution in [0.5, 0.6) is 0 Å². The first-order chi connectivity index (χ1) is 6.45. The summed E-state index contributed by atoms with van der Waals surface area (Å²) in [4.78, 5) is 13.6. The molecule has 1 N–H and O–H groups in total. The lowest BCUT2D eigenvalue weighted by Crippen LogP contribution is -2.37. The first kappa shape index (κ1) is 11.7. The second-order valence-electron chi connectivity index (χ2n) is 5.01. The van der Waals surface area contributed by atoms with Gasteiger partial charge >= 0.3 is 0 Å². The highest BCUT2D eigenvalue weighted by molar-refractivity contribution is 5.81. The van der Waals surface area contributed by atoms with E-state index in [1.807, 2.05) is 13.8 Å². The lowest BCUT2D eigenvalue weighted by Gasteiger charge is -2.27. The number of rotatable bonds is 4. The zero-order valence-corrected chi connectivity index (χ0v) is 9.42. The molecule has 0 aliphatic carbocycles. The molecule has 14 heavy (non-hydrogen) atoms. The third-order valence-corrected chi connectivity index (χ3v) is 3.20. The number of nitrogens with zero attached hydrogens (tertiary/aromatic N) is 1. The van der Waals surface area contributed by atoms with E-state index in [-0.39, 0.29) is 17.8 Å². The average molecular weight is 199 g/mol. The van der Waals surface area contributed by atoms with Gasteiger partial charge in [0.15, 0.2) is 0 Å². The Morgan fingerprint density at radius 2 is 2.21 bits per heavy atom. The molecular weight excluding hydrogens is 178 g/mol. The summed E-state index contributed by atoms with van der Waals surface area (Å²) < 4.78 is 0. The van der Waals surface area contributed by atoms with Crippen LogP contribution in [0.15, 0.2) is 0 Å². The minimum atomic E-state index is -0.246. The number of aliphatic hydroxyl groups is 1. The van der Waals surface area contributed by atoms with Gasteiger partial charge in [0.25, 0.3) is 0 Å². The van der Waals surface area contributed by atoms with Crippen LogP contribution in [-0.4, -0.2) is 42.0 Å². The summed E-state index contributed by atoms with van der Waals surface area (Å²) in [6.07, 6.45) is 1.06. The number of carbonyl (C=O) groups is 1. The Morgan fingerprint density at radius 1 is 1.57 bits per heavy atom. The van der Waals surface area contributed by atoms with E-state index in [1.54, 1.807) is 6.92 Å². The number of aliphatic hydroxyl groups excluding tert-OH is 1. The van der Waals surface area contributed by atoms with Crippen molar-refractivity contribution in [2.24, 2.45) is 11.3 Å². The highest BCUT2D eigenvalue weighted by Gasteiger charge is 2.30. The highest BCUT2D eigenvalue weighted by atomic mass is 16.3. The minimum absolute atomic E-state index is 0.241. The third kappa shape index (κ3) is 2.79. The summed E-state index contributed by atoms with van der Waals surface area (Å²) >= 11 is 0. The van der Waals surface area contributed by atoms with Crippen molar-refractivity contribution in [1.82, 2.24) is 4.90 Å². The predicted octanol–water partition coefficient (Wildman–Crippen LogP) is 0.916. The van der Waals surface area contributed by atoms with Crippen LogP contribution in [0.2, 0.25) is 0 Å². The van der Waals surface area contributed by atoms with Crippen molar-refractivity contribution in [1.29, 1.82) is 0 Å². The van der Waals surface area contributed by atoms with Crippen LogP contribution >= 0.6 is 0 Å². The Morgan fingerprint density at radius 3 is 2.64 bits per heavy atom. The van der Waals surface area contributed by atoms with Gasteiger partial charge in [-0.2, -0.15) is 0 Å². The van der Waals surface area contributed by atoms with E-state index in [9.17, 15) is 4.79 Å². The van der Waals surface area contributed by atoms with Crippen LogP contribution in [0, 0.1) is 11.3 Å². The van der Waals surface area contributed by atoms with Crippen molar-refractivity contribution in [3.05, 3.63) is 0 Å². The average Bonchev–Trinajstić information content (AvgIpc) is 2.51. The summed E-state index contributed by atoms with van der Waals surface area (Å²) in [6, 6.07) is 0. The second-order valence-corrected chi connectivity index (χ2v) is 5.01. The smallest absolute Gasteiger partial charge is 0.136 e. The molecule has 0 amide bonds. The molecule has 1 unspecified atom stereocenters. The molecule has 1 aliphatic heterocycles. The standard InChI is InChI=1S/C11H21NO2/c1-9(14)11(2,3)8-12-5-4-10(6-12)7-13/h10,13H,4-8H2,1-3H3. The van der Waals surface area contributed by atoms with Crippen molar-refractivity contribution in [3.8, 4) is 0 Å². The van der Waals surface area contributed by atoms with Gasteiger partial charge in [0, 0.05) is 25.1 Å². The maximum Gasteiger partial charge on any atom is 0.136 e. The SMILES string of the molecule is CC(=O)C(C)(C)CN1CCC(CO)C1. The lowest BCUT2D eigenvalue weighted by molar-refractivity contribution is -0.125. The van der Waals surface area contributed by atoms with Gasteiger partial charge in [0.2, 0.25) is 0 Å². The molecule has 1 heterocycles. The van der Waals surface area contributed by atoms with Gasteiger partial charge in [-0.1, -0.05) is 13.8 Å². The van der Waals surface area contributed by atoms with E-state index in [1.165, 1.54) is 0 Å². The molecule has 0 aromatic heterocycles. The number of carbonyl (C=O) groups excluding carboxylic acids is 1. The van der Waals surface area contributed by atoms with Crippen molar-refractivity contribution >= 4 is 5.78 Å². The molecule has 0 radical (unpaired) electrons. The summed E-state index contributed by atoms with van der Waals surface area (Å²) in [5.74, 6) is 0.655. The van der Waals surface area contributed by atoms with Crippen LogP contribution in [-0.2, 0) is 4.79 Å². The van der Waals surface area contributed by atoms with Crippen LogP contribution in [0.3, 0.4) is 0 Å². The van der Waals surface area contributed by atoms with E-state index in [2.05, 4.69) is 4.90 Å². The Labute approximate surface area is 86.1 Å². The highest BCUT2D eigenvalue weighted by Crippen LogP contribution is 2.23.